The quantitative estimate of drug-likeness (QED) is 0.840. The number of carbonyl (C=O) groups is 1. The highest BCUT2D eigenvalue weighted by Gasteiger charge is 2.35. The van der Waals surface area contributed by atoms with E-state index < -0.39 is 6.10 Å². The molecule has 1 aliphatic heterocycles. The normalized spacial score (nSPS) is 20.7. The molecule has 1 saturated heterocycles. The van der Waals surface area contributed by atoms with Crippen LogP contribution in [0.5, 0.6) is 0 Å². The second kappa shape index (κ2) is 6.29. The number of aliphatic hydroxyl groups is 1. The Labute approximate surface area is 133 Å². The fourth-order valence-corrected chi connectivity index (χ4v) is 2.84. The van der Waals surface area contributed by atoms with Crippen molar-refractivity contribution >= 4 is 5.91 Å². The number of nitrogens with zero attached hydrogens (tertiary/aromatic N) is 3. The largest absolute Gasteiger partial charge is 0.391 e. The molecule has 0 unspecified atom stereocenters. The number of H-pyrrole nitrogens is 1. The minimum Gasteiger partial charge on any atom is -0.391 e. The summed E-state index contributed by atoms with van der Waals surface area (Å²) in [6.45, 7) is 2.37. The number of likely N-dealkylation sites (tertiary alicyclic amines) is 1. The molecule has 2 atom stereocenters. The number of amides is 1. The zero-order valence-electron chi connectivity index (χ0n) is 12.8. The van der Waals surface area contributed by atoms with Gasteiger partial charge in [-0.15, -0.1) is 0 Å². The molecule has 1 amide bonds. The van der Waals surface area contributed by atoms with Gasteiger partial charge in [0.2, 0.25) is 0 Å². The second-order valence-electron chi connectivity index (χ2n) is 5.83. The number of hydrogen-bond acceptors (Lipinski definition) is 5. The number of hydrogen-bond donors (Lipinski definition) is 2. The van der Waals surface area contributed by atoms with Gasteiger partial charge in [-0.05, 0) is 13.3 Å². The maximum atomic E-state index is 12.5. The minimum atomic E-state index is -0.634. The van der Waals surface area contributed by atoms with Gasteiger partial charge in [-0.3, -0.25) is 19.6 Å². The molecule has 23 heavy (non-hydrogen) atoms. The van der Waals surface area contributed by atoms with Crippen molar-refractivity contribution in [3.05, 3.63) is 58.0 Å². The predicted octanol–water partition coefficient (Wildman–Crippen LogP) is 0.149. The Morgan fingerprint density at radius 1 is 1.43 bits per heavy atom. The molecule has 0 radical (unpaired) electrons. The Hall–Kier alpha value is -2.54. The molecule has 3 heterocycles. The lowest BCUT2D eigenvalue weighted by Crippen LogP contribution is -2.33. The van der Waals surface area contributed by atoms with E-state index in [1.165, 1.54) is 17.2 Å². The number of carbonyl (C=O) groups excluding carboxylic acids is 1. The van der Waals surface area contributed by atoms with Crippen molar-refractivity contribution in [1.29, 1.82) is 0 Å². The van der Waals surface area contributed by atoms with Crippen LogP contribution in [0.1, 0.15) is 21.7 Å². The summed E-state index contributed by atoms with van der Waals surface area (Å²) in [5.41, 5.74) is 1.27. The third-order valence-electron chi connectivity index (χ3n) is 4.07. The van der Waals surface area contributed by atoms with Gasteiger partial charge in [-0.25, -0.2) is 0 Å². The Bertz CT molecular complexity index is 759. The van der Waals surface area contributed by atoms with Gasteiger partial charge in [0.15, 0.2) is 5.43 Å². The average Bonchev–Trinajstić information content (AvgIpc) is 2.89. The van der Waals surface area contributed by atoms with Crippen LogP contribution < -0.4 is 5.43 Å². The third-order valence-corrected chi connectivity index (χ3v) is 4.07. The van der Waals surface area contributed by atoms with E-state index in [9.17, 15) is 14.7 Å². The highest BCUT2D eigenvalue weighted by molar-refractivity contribution is 5.94. The third kappa shape index (κ3) is 3.29. The molecule has 2 N–H and O–H groups in total. The Kier molecular flexibility index (Phi) is 4.20. The van der Waals surface area contributed by atoms with Crippen LogP contribution in [0, 0.1) is 12.8 Å². The van der Waals surface area contributed by atoms with Crippen molar-refractivity contribution in [3.63, 3.8) is 0 Å². The van der Waals surface area contributed by atoms with Gasteiger partial charge >= 0.3 is 0 Å². The molecular formula is C16H18N4O3. The molecule has 0 saturated carbocycles. The summed E-state index contributed by atoms with van der Waals surface area (Å²) in [4.78, 5) is 37.0. The molecule has 0 spiro atoms. The van der Waals surface area contributed by atoms with Gasteiger partial charge < -0.3 is 15.0 Å². The molecule has 120 valence electrons. The monoisotopic (exact) mass is 314 g/mol. The molecule has 3 rings (SSSR count). The first-order chi connectivity index (χ1) is 11.0. The average molecular weight is 314 g/mol. The molecule has 1 aliphatic rings. The molecule has 2 aromatic heterocycles. The summed E-state index contributed by atoms with van der Waals surface area (Å²) in [7, 11) is 0. The van der Waals surface area contributed by atoms with Gasteiger partial charge in [0, 0.05) is 55.6 Å². The van der Waals surface area contributed by atoms with Gasteiger partial charge in [-0.2, -0.15) is 0 Å². The summed E-state index contributed by atoms with van der Waals surface area (Å²) in [6.07, 6.45) is 6.19. The molecule has 1 fully saturated rings. The number of aromatic nitrogens is 3. The molecular weight excluding hydrogens is 296 g/mol. The summed E-state index contributed by atoms with van der Waals surface area (Å²) >= 11 is 0. The summed E-state index contributed by atoms with van der Waals surface area (Å²) in [6, 6.07) is 1.40. The standard InChI is InChI=1S/C16H18N4O3/c1-10-4-14(21)13(7-19-10)16(23)20-8-11(15(22)9-20)5-12-6-17-2-3-18-12/h2-4,6-7,11,15,22H,5,8-9H2,1H3,(H,19,21)/t11-,15-/m1/s1. The number of rotatable bonds is 3. The van der Waals surface area contributed by atoms with Crippen LogP contribution in [-0.4, -0.2) is 50.1 Å². The summed E-state index contributed by atoms with van der Waals surface area (Å²) < 4.78 is 0. The number of pyridine rings is 1. The lowest BCUT2D eigenvalue weighted by Gasteiger charge is -2.15. The van der Waals surface area contributed by atoms with Crippen molar-refractivity contribution in [2.75, 3.05) is 13.1 Å². The smallest absolute Gasteiger partial charge is 0.259 e. The minimum absolute atomic E-state index is 0.1000. The van der Waals surface area contributed by atoms with E-state index >= 15 is 0 Å². The van der Waals surface area contributed by atoms with Crippen molar-refractivity contribution in [3.8, 4) is 0 Å². The number of aryl methyl sites for hydroxylation is 1. The Morgan fingerprint density at radius 2 is 2.26 bits per heavy atom. The lowest BCUT2D eigenvalue weighted by molar-refractivity contribution is 0.0763. The number of nitrogens with one attached hydrogen (secondary N) is 1. The van der Waals surface area contributed by atoms with Gasteiger partial charge in [0.25, 0.3) is 5.91 Å². The van der Waals surface area contributed by atoms with E-state index in [-0.39, 0.29) is 29.4 Å². The number of aromatic amines is 1. The van der Waals surface area contributed by atoms with Crippen molar-refractivity contribution < 1.29 is 9.90 Å². The lowest BCUT2D eigenvalue weighted by atomic mass is 10.0. The van der Waals surface area contributed by atoms with Gasteiger partial charge in [-0.1, -0.05) is 0 Å². The zero-order valence-corrected chi connectivity index (χ0v) is 12.8. The molecule has 2 aromatic rings. The van der Waals surface area contributed by atoms with E-state index in [2.05, 4.69) is 15.0 Å². The van der Waals surface area contributed by atoms with Gasteiger partial charge in [0.1, 0.15) is 5.56 Å². The van der Waals surface area contributed by atoms with E-state index in [1.54, 1.807) is 25.5 Å². The molecule has 0 aromatic carbocycles. The van der Waals surface area contributed by atoms with E-state index in [4.69, 9.17) is 0 Å². The first-order valence-electron chi connectivity index (χ1n) is 7.46. The van der Waals surface area contributed by atoms with E-state index in [0.29, 0.717) is 18.7 Å². The highest BCUT2D eigenvalue weighted by Crippen LogP contribution is 2.21. The Morgan fingerprint density at radius 3 is 2.96 bits per heavy atom. The predicted molar refractivity (Wildman–Crippen MR) is 82.9 cm³/mol. The molecule has 7 heteroatoms. The highest BCUT2D eigenvalue weighted by atomic mass is 16.3. The van der Waals surface area contributed by atoms with Crippen LogP contribution in [0.3, 0.4) is 0 Å². The molecule has 0 aliphatic carbocycles. The van der Waals surface area contributed by atoms with Gasteiger partial charge in [0.05, 0.1) is 11.8 Å². The Balaban J connectivity index is 1.73. The van der Waals surface area contributed by atoms with Crippen LogP contribution in [0.4, 0.5) is 0 Å². The van der Waals surface area contributed by atoms with Crippen LogP contribution in [0.2, 0.25) is 0 Å². The van der Waals surface area contributed by atoms with Crippen LogP contribution in [0.15, 0.2) is 35.6 Å². The van der Waals surface area contributed by atoms with Crippen molar-refractivity contribution in [2.45, 2.75) is 19.4 Å². The van der Waals surface area contributed by atoms with E-state index in [1.807, 2.05) is 0 Å². The molecule has 0 bridgehead atoms. The first kappa shape index (κ1) is 15.4. The molecule has 7 nitrogen and oxygen atoms in total. The fourth-order valence-electron chi connectivity index (χ4n) is 2.84. The van der Waals surface area contributed by atoms with Crippen molar-refractivity contribution in [1.82, 2.24) is 19.9 Å². The van der Waals surface area contributed by atoms with Crippen LogP contribution in [0.25, 0.3) is 0 Å². The SMILES string of the molecule is Cc1cc(=O)c(C(=O)N2C[C@@H](Cc3cnccn3)[C@H](O)C2)c[nH]1. The summed E-state index contributed by atoms with van der Waals surface area (Å²) in [5, 5.41) is 10.2. The maximum absolute atomic E-state index is 12.5. The van der Waals surface area contributed by atoms with Crippen molar-refractivity contribution in [2.24, 2.45) is 5.92 Å². The topological polar surface area (TPSA) is 99.2 Å². The van der Waals surface area contributed by atoms with Crippen LogP contribution >= 0.6 is 0 Å². The fraction of sp³-hybridized carbons (Fsp3) is 0.375. The van der Waals surface area contributed by atoms with Crippen LogP contribution in [-0.2, 0) is 6.42 Å². The van der Waals surface area contributed by atoms with E-state index in [0.717, 1.165) is 5.69 Å². The first-order valence-corrected chi connectivity index (χ1v) is 7.46. The number of β-amino-alcohol motifs (C(OH)–C–C–N with tert-alkyl or cyclic N) is 1. The zero-order chi connectivity index (χ0) is 16.4. The number of aliphatic hydroxyl groups excluding tert-OH is 1. The summed E-state index contributed by atoms with van der Waals surface area (Å²) in [5.74, 6) is -0.466. The maximum Gasteiger partial charge on any atom is 0.259 e. The second-order valence-corrected chi connectivity index (χ2v) is 5.83.